The van der Waals surface area contributed by atoms with Crippen LogP contribution in [-0.2, 0) is 34.0 Å². The van der Waals surface area contributed by atoms with E-state index in [1.807, 2.05) is 6.07 Å². The van der Waals surface area contributed by atoms with Gasteiger partial charge in [-0.1, -0.05) is 29.8 Å². The third-order valence-corrected chi connectivity index (χ3v) is 6.47. The van der Waals surface area contributed by atoms with E-state index in [1.54, 1.807) is 29.1 Å². The number of aryl methyl sites for hydroxylation is 1. The van der Waals surface area contributed by atoms with Crippen LogP contribution in [0.4, 0.5) is 39.5 Å². The van der Waals surface area contributed by atoms with Crippen LogP contribution in [-0.4, -0.2) is 86.3 Å². The first-order valence-corrected chi connectivity index (χ1v) is 14.8. The molecule has 0 spiro atoms. The van der Waals surface area contributed by atoms with E-state index < -0.39 is 36.4 Å². The van der Waals surface area contributed by atoms with E-state index in [0.717, 1.165) is 42.9 Å². The summed E-state index contributed by atoms with van der Waals surface area (Å²) < 4.78 is 103. The zero-order chi connectivity index (χ0) is 40.7. The van der Waals surface area contributed by atoms with Gasteiger partial charge in [0.1, 0.15) is 12.4 Å². The standard InChI is InChI=1S/C25H27ClN4O2.3C2HF3O2/c1-29(11-9-27)16-18-2-3-20-13-23(7-4-19(20)12-18)30-10-8-24(14-25(30)31)32-17-22-6-5-21(26)15-28-22;3*3-2(4,5)1(6)7/h2-3,5-6,8,10,12-15H,4,7,9,11,16-17,27H2,1H3;3*(H,6,7). The molecule has 0 aliphatic heterocycles. The number of pyridine rings is 2. The van der Waals surface area contributed by atoms with Gasteiger partial charge >= 0.3 is 36.4 Å². The number of alkyl halides is 9. The molecular formula is C31H30ClF9N4O8. The molecule has 0 saturated carbocycles. The molecule has 22 heteroatoms. The quantitative estimate of drug-likeness (QED) is 0.205. The molecule has 0 fully saturated rings. The van der Waals surface area contributed by atoms with E-state index in [9.17, 15) is 44.3 Å². The number of carboxylic acid groups (broad SMARTS) is 3. The normalized spacial score (nSPS) is 12.4. The molecule has 0 atom stereocenters. The Bertz CT molecular complexity index is 1720. The van der Waals surface area contributed by atoms with Crippen molar-refractivity contribution in [3.8, 4) is 5.75 Å². The molecule has 4 rings (SSSR count). The molecule has 0 amide bonds. The van der Waals surface area contributed by atoms with Crippen molar-refractivity contribution < 1.29 is 74.0 Å². The SMILES string of the molecule is CN(CCN)Cc1ccc2c(c1)CCC(n1ccc(OCc3ccc(Cl)cn3)cc1=O)=C2.O=C(O)C(F)(F)F.O=C(O)C(F)(F)F.O=C(O)C(F)(F)F. The van der Waals surface area contributed by atoms with E-state index >= 15 is 0 Å². The lowest BCUT2D eigenvalue weighted by Crippen LogP contribution is -2.25. The Hall–Kier alpha value is -5.15. The van der Waals surface area contributed by atoms with Crippen molar-refractivity contribution in [1.29, 1.82) is 0 Å². The Balaban J connectivity index is 0.000000545. The number of halogens is 10. The Morgan fingerprint density at radius 1 is 0.887 bits per heavy atom. The minimum Gasteiger partial charge on any atom is -0.487 e. The summed E-state index contributed by atoms with van der Waals surface area (Å²) >= 11 is 5.85. The molecule has 2 aromatic heterocycles. The van der Waals surface area contributed by atoms with Gasteiger partial charge in [-0.15, -0.1) is 0 Å². The molecule has 0 bridgehead atoms. The molecule has 12 nitrogen and oxygen atoms in total. The smallest absolute Gasteiger partial charge is 0.487 e. The number of benzene rings is 1. The highest BCUT2D eigenvalue weighted by molar-refractivity contribution is 6.30. The van der Waals surface area contributed by atoms with Crippen LogP contribution in [0.1, 0.15) is 28.8 Å². The van der Waals surface area contributed by atoms with Crippen molar-refractivity contribution in [2.45, 2.75) is 44.5 Å². The Morgan fingerprint density at radius 3 is 1.89 bits per heavy atom. The third kappa shape index (κ3) is 17.3. The number of allylic oxidation sites excluding steroid dienone is 1. The fraction of sp³-hybridized carbons (Fsp3) is 0.323. The fourth-order valence-electron chi connectivity index (χ4n) is 3.87. The van der Waals surface area contributed by atoms with Crippen LogP contribution >= 0.6 is 11.6 Å². The summed E-state index contributed by atoms with van der Waals surface area (Å²) in [6.07, 6.45) is -8.08. The van der Waals surface area contributed by atoms with Gasteiger partial charge in [-0.2, -0.15) is 39.5 Å². The molecule has 1 aliphatic carbocycles. The van der Waals surface area contributed by atoms with Crippen molar-refractivity contribution in [2.24, 2.45) is 5.73 Å². The highest BCUT2D eigenvalue weighted by Crippen LogP contribution is 2.27. The van der Waals surface area contributed by atoms with E-state index in [0.29, 0.717) is 17.3 Å². The van der Waals surface area contributed by atoms with Gasteiger partial charge in [0.15, 0.2) is 0 Å². The number of hydrogen-bond donors (Lipinski definition) is 4. The number of rotatable bonds is 8. The van der Waals surface area contributed by atoms with Crippen molar-refractivity contribution in [2.75, 3.05) is 20.1 Å². The molecule has 3 aromatic rings. The Kier molecular flexibility index (Phi) is 17.5. The fourth-order valence-corrected chi connectivity index (χ4v) is 3.98. The maximum atomic E-state index is 12.7. The van der Waals surface area contributed by atoms with E-state index in [2.05, 4.69) is 41.2 Å². The number of carboxylic acids is 3. The van der Waals surface area contributed by atoms with Gasteiger partial charge in [0.25, 0.3) is 5.56 Å². The minimum atomic E-state index is -5.08. The van der Waals surface area contributed by atoms with Crippen LogP contribution in [0.25, 0.3) is 11.8 Å². The number of nitrogens with zero attached hydrogens (tertiary/aromatic N) is 3. The van der Waals surface area contributed by atoms with Crippen LogP contribution in [0.2, 0.25) is 5.02 Å². The van der Waals surface area contributed by atoms with Gasteiger partial charge < -0.3 is 30.7 Å². The van der Waals surface area contributed by atoms with Gasteiger partial charge in [-0.25, -0.2) is 14.4 Å². The average Bonchev–Trinajstić information content (AvgIpc) is 3.04. The first-order valence-electron chi connectivity index (χ1n) is 14.4. The largest absolute Gasteiger partial charge is 0.490 e. The summed E-state index contributed by atoms with van der Waals surface area (Å²) in [7, 11) is 2.08. The molecule has 2 heterocycles. The summed E-state index contributed by atoms with van der Waals surface area (Å²) in [5, 5.41) is 22.0. The first-order chi connectivity index (χ1) is 24.3. The molecule has 1 aromatic carbocycles. The number of hydrogen-bond acceptors (Lipinski definition) is 8. The Morgan fingerprint density at radius 2 is 1.43 bits per heavy atom. The molecule has 53 heavy (non-hydrogen) atoms. The van der Waals surface area contributed by atoms with Crippen molar-refractivity contribution in [3.63, 3.8) is 0 Å². The maximum absolute atomic E-state index is 12.7. The predicted molar refractivity (Wildman–Crippen MR) is 170 cm³/mol. The monoisotopic (exact) mass is 792 g/mol. The predicted octanol–water partition coefficient (Wildman–Crippen LogP) is 5.71. The van der Waals surface area contributed by atoms with Crippen LogP contribution in [0.5, 0.6) is 5.75 Å². The van der Waals surface area contributed by atoms with Gasteiger partial charge in [0.05, 0.1) is 10.7 Å². The summed E-state index contributed by atoms with van der Waals surface area (Å²) in [6.45, 7) is 2.69. The molecule has 1 aliphatic rings. The average molecular weight is 793 g/mol. The van der Waals surface area contributed by atoms with Crippen LogP contribution in [0.15, 0.2) is 59.7 Å². The summed E-state index contributed by atoms with van der Waals surface area (Å²) in [4.78, 5) is 45.8. The van der Waals surface area contributed by atoms with Gasteiger partial charge in [-0.3, -0.25) is 14.3 Å². The van der Waals surface area contributed by atoms with Crippen LogP contribution in [0.3, 0.4) is 0 Å². The van der Waals surface area contributed by atoms with E-state index in [-0.39, 0.29) is 12.2 Å². The van der Waals surface area contributed by atoms with Gasteiger partial charge in [-0.05, 0) is 60.9 Å². The third-order valence-electron chi connectivity index (χ3n) is 6.25. The zero-order valence-corrected chi connectivity index (χ0v) is 27.9. The molecule has 292 valence electrons. The molecule has 5 N–H and O–H groups in total. The molecular weight excluding hydrogens is 763 g/mol. The van der Waals surface area contributed by atoms with Crippen molar-refractivity contribution >= 4 is 41.3 Å². The number of aromatic nitrogens is 2. The number of aliphatic carboxylic acids is 3. The summed E-state index contributed by atoms with van der Waals surface area (Å²) in [5.74, 6) is -7.75. The van der Waals surface area contributed by atoms with Crippen LogP contribution < -0.4 is 16.0 Å². The van der Waals surface area contributed by atoms with Gasteiger partial charge in [0, 0.05) is 43.8 Å². The number of fused-ring (bicyclic) bond motifs is 1. The van der Waals surface area contributed by atoms with Gasteiger partial charge in [0.2, 0.25) is 0 Å². The Labute approximate surface area is 298 Å². The minimum absolute atomic E-state index is 0.110. The van der Waals surface area contributed by atoms with E-state index in [4.69, 9.17) is 51.8 Å². The number of likely N-dealkylation sites (N-methyl/N-ethyl adjacent to an activating group) is 1. The highest BCUT2D eigenvalue weighted by atomic mass is 35.5. The highest BCUT2D eigenvalue weighted by Gasteiger charge is 2.39. The topological polar surface area (TPSA) is 185 Å². The second-order valence-corrected chi connectivity index (χ2v) is 10.9. The lowest BCUT2D eigenvalue weighted by atomic mass is 9.93. The van der Waals surface area contributed by atoms with E-state index in [1.165, 1.54) is 17.2 Å². The van der Waals surface area contributed by atoms with Crippen molar-refractivity contribution in [1.82, 2.24) is 14.5 Å². The maximum Gasteiger partial charge on any atom is 0.490 e. The first kappa shape index (κ1) is 45.9. The second-order valence-electron chi connectivity index (χ2n) is 10.4. The number of ether oxygens (including phenoxy) is 1. The molecule has 0 saturated heterocycles. The zero-order valence-electron chi connectivity index (χ0n) is 27.1. The summed E-state index contributed by atoms with van der Waals surface area (Å²) in [6, 6.07) is 13.4. The second kappa shape index (κ2) is 20.2. The lowest BCUT2D eigenvalue weighted by Gasteiger charge is -2.21. The molecule has 0 unspecified atom stereocenters. The van der Waals surface area contributed by atoms with Crippen LogP contribution in [0, 0.1) is 0 Å². The lowest BCUT2D eigenvalue weighted by molar-refractivity contribution is -0.193. The summed E-state index contributed by atoms with van der Waals surface area (Å²) in [5.41, 5.74) is 11.0. The number of nitrogens with two attached hydrogens (primary N) is 1. The van der Waals surface area contributed by atoms with Crippen molar-refractivity contribution in [3.05, 3.63) is 92.6 Å². The number of carbonyl (C=O) groups is 3. The molecule has 0 radical (unpaired) electrons.